The molecule has 0 aromatic heterocycles. The van der Waals surface area contributed by atoms with Crippen LogP contribution >= 0.6 is 11.6 Å². The number of nitrogens with zero attached hydrogens (tertiary/aromatic N) is 2. The first-order valence-electron chi connectivity index (χ1n) is 11.4. The van der Waals surface area contributed by atoms with Crippen LogP contribution in [-0.2, 0) is 24.3 Å². The number of nitrogens with one attached hydrogen (secondary N) is 2. The van der Waals surface area contributed by atoms with E-state index in [0.717, 1.165) is 30.0 Å². The van der Waals surface area contributed by atoms with Gasteiger partial charge < -0.3 is 19.5 Å². The molecule has 2 amide bonds. The van der Waals surface area contributed by atoms with Gasteiger partial charge in [0.25, 0.3) is 11.8 Å². The van der Waals surface area contributed by atoms with Crippen molar-refractivity contribution in [1.29, 1.82) is 0 Å². The quantitative estimate of drug-likeness (QED) is 0.303. The first kappa shape index (κ1) is 28.2. The third-order valence-electron chi connectivity index (χ3n) is 5.30. The first-order valence-corrected chi connectivity index (χ1v) is 13.6. The summed E-state index contributed by atoms with van der Waals surface area (Å²) in [7, 11) is -2.45. The zero-order valence-corrected chi connectivity index (χ0v) is 22.0. The van der Waals surface area contributed by atoms with Crippen LogP contribution in [0.4, 0.5) is 5.69 Å². The topological polar surface area (TPSA) is 136 Å². The standard InChI is InChI=1S/C24H29ClN4O7S/c1-34-22-10-7-18(25)12-21(22)29(37(2,32)33)15-23(30)28-27-13-17-5-8-19(9-6-17)36-16-24(31)26-14-20-4-3-11-35-20/h5-10,12-13,20H,3-4,11,14-16H2,1-2H3,(H,26,31)(H,28,30)/b27-13-/t20-/m0/s1. The molecular weight excluding hydrogens is 524 g/mol. The fourth-order valence-corrected chi connectivity index (χ4v) is 4.48. The van der Waals surface area contributed by atoms with E-state index >= 15 is 0 Å². The van der Waals surface area contributed by atoms with E-state index in [9.17, 15) is 18.0 Å². The monoisotopic (exact) mass is 552 g/mol. The fourth-order valence-electron chi connectivity index (χ4n) is 3.47. The molecular formula is C24H29ClN4O7S. The Balaban J connectivity index is 1.50. The maximum Gasteiger partial charge on any atom is 0.260 e. The molecule has 0 spiro atoms. The minimum Gasteiger partial charge on any atom is -0.495 e. The summed E-state index contributed by atoms with van der Waals surface area (Å²) in [5.74, 6) is -0.165. The van der Waals surface area contributed by atoms with Gasteiger partial charge in [-0.25, -0.2) is 13.8 Å². The predicted octanol–water partition coefficient (Wildman–Crippen LogP) is 1.94. The van der Waals surface area contributed by atoms with Crippen LogP contribution in [0.15, 0.2) is 47.6 Å². The number of ether oxygens (including phenoxy) is 3. The van der Waals surface area contributed by atoms with Crippen molar-refractivity contribution in [1.82, 2.24) is 10.7 Å². The van der Waals surface area contributed by atoms with Gasteiger partial charge in [0.1, 0.15) is 18.0 Å². The van der Waals surface area contributed by atoms with E-state index < -0.39 is 22.5 Å². The molecule has 1 atom stereocenters. The van der Waals surface area contributed by atoms with Gasteiger partial charge in [-0.15, -0.1) is 0 Å². The lowest BCUT2D eigenvalue weighted by Crippen LogP contribution is -2.39. The van der Waals surface area contributed by atoms with Gasteiger partial charge in [-0.3, -0.25) is 13.9 Å². The lowest BCUT2D eigenvalue weighted by molar-refractivity contribution is -0.123. The normalized spacial score (nSPS) is 15.4. The zero-order chi connectivity index (χ0) is 26.8. The van der Waals surface area contributed by atoms with Crippen LogP contribution in [0.5, 0.6) is 11.5 Å². The number of halogens is 1. The maximum absolute atomic E-state index is 12.4. The van der Waals surface area contributed by atoms with Gasteiger partial charge in [0.2, 0.25) is 10.0 Å². The number of carbonyl (C=O) groups excluding carboxylic acids is 2. The second-order valence-electron chi connectivity index (χ2n) is 8.18. The van der Waals surface area contributed by atoms with Gasteiger partial charge in [-0.1, -0.05) is 11.6 Å². The van der Waals surface area contributed by atoms with Crippen LogP contribution in [0.25, 0.3) is 0 Å². The van der Waals surface area contributed by atoms with Crippen molar-refractivity contribution in [3.8, 4) is 11.5 Å². The molecule has 2 aromatic rings. The molecule has 1 aliphatic heterocycles. The number of hydrazone groups is 1. The Morgan fingerprint density at radius 2 is 1.97 bits per heavy atom. The molecule has 0 saturated carbocycles. The molecule has 1 heterocycles. The van der Waals surface area contributed by atoms with E-state index in [2.05, 4.69) is 15.8 Å². The molecule has 37 heavy (non-hydrogen) atoms. The number of rotatable bonds is 12. The summed E-state index contributed by atoms with van der Waals surface area (Å²) < 4.78 is 41.7. The van der Waals surface area contributed by atoms with E-state index in [1.54, 1.807) is 30.3 Å². The van der Waals surface area contributed by atoms with E-state index in [4.69, 9.17) is 25.8 Å². The molecule has 11 nitrogen and oxygen atoms in total. The molecule has 200 valence electrons. The highest BCUT2D eigenvalue weighted by molar-refractivity contribution is 7.92. The number of amides is 2. The van der Waals surface area contributed by atoms with E-state index in [-0.39, 0.29) is 35.1 Å². The number of hydrogen-bond acceptors (Lipinski definition) is 8. The number of anilines is 1. The molecule has 0 radical (unpaired) electrons. The fraction of sp³-hybridized carbons (Fsp3) is 0.375. The van der Waals surface area contributed by atoms with Crippen LogP contribution in [0, 0.1) is 0 Å². The van der Waals surface area contributed by atoms with Crippen LogP contribution in [0.3, 0.4) is 0 Å². The van der Waals surface area contributed by atoms with Gasteiger partial charge in [-0.2, -0.15) is 5.10 Å². The second-order valence-corrected chi connectivity index (χ2v) is 10.5. The summed E-state index contributed by atoms with van der Waals surface area (Å²) >= 11 is 6.01. The average Bonchev–Trinajstić information content (AvgIpc) is 3.38. The number of carbonyl (C=O) groups is 2. The SMILES string of the molecule is COc1ccc(Cl)cc1N(CC(=O)N/N=C\c1ccc(OCC(=O)NC[C@@H]2CCCO2)cc1)S(C)(=O)=O. The van der Waals surface area contributed by atoms with Crippen LogP contribution in [-0.4, -0.2) is 72.2 Å². The summed E-state index contributed by atoms with van der Waals surface area (Å²) in [6, 6.07) is 11.2. The van der Waals surface area contributed by atoms with Crippen molar-refractivity contribution in [3.63, 3.8) is 0 Å². The lowest BCUT2D eigenvalue weighted by Gasteiger charge is -2.23. The molecule has 0 aliphatic carbocycles. The average molecular weight is 553 g/mol. The lowest BCUT2D eigenvalue weighted by atomic mass is 10.2. The largest absolute Gasteiger partial charge is 0.495 e. The number of sulfonamides is 1. The molecule has 0 unspecified atom stereocenters. The Bertz CT molecular complexity index is 1220. The van der Waals surface area contributed by atoms with E-state index in [0.29, 0.717) is 17.9 Å². The van der Waals surface area contributed by atoms with Gasteiger partial charge in [0, 0.05) is 18.2 Å². The Morgan fingerprint density at radius 1 is 1.22 bits per heavy atom. The summed E-state index contributed by atoms with van der Waals surface area (Å²) in [5.41, 5.74) is 3.08. The third-order valence-corrected chi connectivity index (χ3v) is 6.66. The predicted molar refractivity (Wildman–Crippen MR) is 140 cm³/mol. The first-order chi connectivity index (χ1) is 17.7. The molecule has 0 bridgehead atoms. The minimum absolute atomic E-state index is 0.0668. The summed E-state index contributed by atoms with van der Waals surface area (Å²) in [6.45, 7) is 0.546. The molecule has 1 aliphatic rings. The van der Waals surface area contributed by atoms with E-state index in [1.165, 1.54) is 25.5 Å². The third kappa shape index (κ3) is 8.92. The van der Waals surface area contributed by atoms with Crippen LogP contribution < -0.4 is 24.5 Å². The van der Waals surface area contributed by atoms with Gasteiger partial charge in [0.15, 0.2) is 6.61 Å². The smallest absolute Gasteiger partial charge is 0.260 e. The molecule has 2 N–H and O–H groups in total. The minimum atomic E-state index is -3.83. The number of benzene rings is 2. The highest BCUT2D eigenvalue weighted by Gasteiger charge is 2.24. The summed E-state index contributed by atoms with van der Waals surface area (Å²) in [6.07, 6.45) is 4.38. The molecule has 2 aromatic carbocycles. The highest BCUT2D eigenvalue weighted by Crippen LogP contribution is 2.32. The molecule has 13 heteroatoms. The van der Waals surface area contributed by atoms with Gasteiger partial charge in [0.05, 0.1) is 31.4 Å². The van der Waals surface area contributed by atoms with Crippen LogP contribution in [0.2, 0.25) is 5.02 Å². The Kier molecular flexibility index (Phi) is 10.1. The Labute approximate surface area is 220 Å². The van der Waals surface area contributed by atoms with Gasteiger partial charge in [-0.05, 0) is 60.9 Å². The van der Waals surface area contributed by atoms with Gasteiger partial charge >= 0.3 is 0 Å². The molecule has 3 rings (SSSR count). The van der Waals surface area contributed by atoms with Crippen molar-refractivity contribution < 1.29 is 32.2 Å². The maximum atomic E-state index is 12.4. The van der Waals surface area contributed by atoms with Crippen molar-refractivity contribution >= 4 is 45.3 Å². The Hall–Kier alpha value is -3.35. The number of methoxy groups -OCH3 is 1. The molecule has 1 fully saturated rings. The molecule has 1 saturated heterocycles. The van der Waals surface area contributed by atoms with Crippen LogP contribution in [0.1, 0.15) is 18.4 Å². The van der Waals surface area contributed by atoms with Crippen molar-refractivity contribution in [2.45, 2.75) is 18.9 Å². The summed E-state index contributed by atoms with van der Waals surface area (Å²) in [5, 5.41) is 6.94. The van der Waals surface area contributed by atoms with Crippen molar-refractivity contribution in [2.24, 2.45) is 5.10 Å². The van der Waals surface area contributed by atoms with Crippen molar-refractivity contribution in [3.05, 3.63) is 53.1 Å². The number of hydrogen-bond donors (Lipinski definition) is 2. The van der Waals surface area contributed by atoms with E-state index in [1.807, 2.05) is 0 Å². The summed E-state index contributed by atoms with van der Waals surface area (Å²) in [4.78, 5) is 24.3. The second kappa shape index (κ2) is 13.3. The highest BCUT2D eigenvalue weighted by atomic mass is 35.5. The zero-order valence-electron chi connectivity index (χ0n) is 20.5. The van der Waals surface area contributed by atoms with Crippen molar-refractivity contribution in [2.75, 3.05) is 44.0 Å². The Morgan fingerprint density at radius 3 is 2.62 bits per heavy atom.